The molecule has 23 heavy (non-hydrogen) atoms. The van der Waals surface area contributed by atoms with Gasteiger partial charge in [0.25, 0.3) is 0 Å². The van der Waals surface area contributed by atoms with Gasteiger partial charge in [-0.15, -0.1) is 0 Å². The average molecular weight is 386 g/mol. The molecule has 0 bridgehead atoms. The predicted octanol–water partition coefficient (Wildman–Crippen LogP) is 6.59. The molecular weight excluding hydrogens is 374 g/mol. The summed E-state index contributed by atoms with van der Waals surface area (Å²) in [4.78, 5) is 7.95. The standard InChI is InChI=1S/C17H12Cl4N2/c1-9-17(11-3-5-13(19)15(21)6-11)23-16(22-9)7-10-2-4-12(18)8-14(10)20/h2-6,8H,7H2,1H3,(H,22,23). The zero-order chi connectivity index (χ0) is 16.6. The van der Waals surface area contributed by atoms with Crippen molar-refractivity contribution >= 4 is 46.4 Å². The summed E-state index contributed by atoms with van der Waals surface area (Å²) in [7, 11) is 0. The molecule has 0 atom stereocenters. The van der Waals surface area contributed by atoms with Gasteiger partial charge >= 0.3 is 0 Å². The van der Waals surface area contributed by atoms with E-state index in [1.165, 1.54) is 0 Å². The van der Waals surface area contributed by atoms with Gasteiger partial charge < -0.3 is 4.98 Å². The SMILES string of the molecule is Cc1[nH]c(Cc2ccc(Cl)cc2Cl)nc1-c1ccc(Cl)c(Cl)c1. The summed E-state index contributed by atoms with van der Waals surface area (Å²) in [6, 6.07) is 10.9. The number of hydrogen-bond acceptors (Lipinski definition) is 1. The molecule has 1 aromatic heterocycles. The Kier molecular flexibility index (Phi) is 4.88. The van der Waals surface area contributed by atoms with Gasteiger partial charge in [-0.3, -0.25) is 0 Å². The highest BCUT2D eigenvalue weighted by Gasteiger charge is 2.12. The molecule has 2 nitrogen and oxygen atoms in total. The summed E-state index contributed by atoms with van der Waals surface area (Å²) in [5.41, 5.74) is 3.69. The molecule has 3 rings (SSSR count). The fourth-order valence-corrected chi connectivity index (χ4v) is 3.15. The minimum Gasteiger partial charge on any atom is -0.345 e. The van der Waals surface area contributed by atoms with Crippen molar-refractivity contribution in [2.24, 2.45) is 0 Å². The van der Waals surface area contributed by atoms with Crippen molar-refractivity contribution in [3.05, 3.63) is 73.6 Å². The van der Waals surface area contributed by atoms with Crippen LogP contribution in [0.2, 0.25) is 20.1 Å². The highest BCUT2D eigenvalue weighted by molar-refractivity contribution is 6.42. The third kappa shape index (κ3) is 3.67. The fourth-order valence-electron chi connectivity index (χ4n) is 2.38. The molecule has 118 valence electrons. The third-order valence-electron chi connectivity index (χ3n) is 3.50. The molecule has 0 fully saturated rings. The molecule has 0 spiro atoms. The van der Waals surface area contributed by atoms with Crippen molar-refractivity contribution < 1.29 is 0 Å². The lowest BCUT2D eigenvalue weighted by atomic mass is 10.1. The van der Waals surface area contributed by atoms with Crippen LogP contribution >= 0.6 is 46.4 Å². The number of benzene rings is 2. The van der Waals surface area contributed by atoms with Crippen molar-refractivity contribution in [2.45, 2.75) is 13.3 Å². The topological polar surface area (TPSA) is 28.7 Å². The van der Waals surface area contributed by atoms with E-state index in [9.17, 15) is 0 Å². The lowest BCUT2D eigenvalue weighted by molar-refractivity contribution is 1.02. The van der Waals surface area contributed by atoms with Gasteiger partial charge in [0, 0.05) is 27.7 Å². The summed E-state index contributed by atoms with van der Waals surface area (Å²) < 4.78 is 0. The van der Waals surface area contributed by atoms with E-state index in [2.05, 4.69) is 9.97 Å². The lowest BCUT2D eigenvalue weighted by Gasteiger charge is -2.02. The maximum atomic E-state index is 6.22. The van der Waals surface area contributed by atoms with Gasteiger partial charge in [0.05, 0.1) is 15.7 Å². The number of aromatic nitrogens is 2. The van der Waals surface area contributed by atoms with Crippen LogP contribution in [0, 0.1) is 6.92 Å². The Morgan fingerprint density at radius 2 is 1.70 bits per heavy atom. The van der Waals surface area contributed by atoms with Crippen molar-refractivity contribution in [1.29, 1.82) is 0 Å². The van der Waals surface area contributed by atoms with Crippen LogP contribution in [0.25, 0.3) is 11.3 Å². The van der Waals surface area contributed by atoms with Gasteiger partial charge in [-0.05, 0) is 36.8 Å². The monoisotopic (exact) mass is 384 g/mol. The van der Waals surface area contributed by atoms with Crippen LogP contribution in [0.5, 0.6) is 0 Å². The Morgan fingerprint density at radius 1 is 0.913 bits per heavy atom. The maximum absolute atomic E-state index is 6.22. The van der Waals surface area contributed by atoms with Crippen LogP contribution < -0.4 is 0 Å². The first-order valence-electron chi connectivity index (χ1n) is 6.89. The second-order valence-corrected chi connectivity index (χ2v) is 6.86. The first-order chi connectivity index (χ1) is 10.9. The Bertz CT molecular complexity index is 871. The van der Waals surface area contributed by atoms with Crippen LogP contribution in [-0.4, -0.2) is 9.97 Å². The summed E-state index contributed by atoms with van der Waals surface area (Å²) in [6.07, 6.45) is 0.595. The Balaban J connectivity index is 1.93. The zero-order valence-corrected chi connectivity index (χ0v) is 15.2. The van der Waals surface area contributed by atoms with E-state index in [-0.39, 0.29) is 0 Å². The molecule has 0 saturated carbocycles. The van der Waals surface area contributed by atoms with Crippen LogP contribution in [0.4, 0.5) is 0 Å². The number of nitrogens with one attached hydrogen (secondary N) is 1. The van der Waals surface area contributed by atoms with E-state index in [0.29, 0.717) is 26.5 Å². The van der Waals surface area contributed by atoms with E-state index in [0.717, 1.165) is 28.3 Å². The smallest absolute Gasteiger partial charge is 0.111 e. The fraction of sp³-hybridized carbons (Fsp3) is 0.118. The molecule has 0 aliphatic heterocycles. The van der Waals surface area contributed by atoms with Gasteiger partial charge in [-0.2, -0.15) is 0 Å². The van der Waals surface area contributed by atoms with E-state index in [1.807, 2.05) is 31.2 Å². The molecule has 0 radical (unpaired) electrons. The number of aryl methyl sites for hydroxylation is 1. The van der Waals surface area contributed by atoms with Crippen LogP contribution in [0.1, 0.15) is 17.1 Å². The Labute approximate surface area is 154 Å². The summed E-state index contributed by atoms with van der Waals surface area (Å²) >= 11 is 24.2. The van der Waals surface area contributed by atoms with E-state index in [1.54, 1.807) is 12.1 Å². The van der Waals surface area contributed by atoms with Gasteiger partial charge in [-0.25, -0.2) is 4.98 Å². The van der Waals surface area contributed by atoms with Gasteiger partial charge in [0.1, 0.15) is 5.82 Å². The highest BCUT2D eigenvalue weighted by Crippen LogP contribution is 2.30. The third-order valence-corrected chi connectivity index (χ3v) is 4.83. The second kappa shape index (κ2) is 6.74. The largest absolute Gasteiger partial charge is 0.345 e. The summed E-state index contributed by atoms with van der Waals surface area (Å²) in [5, 5.41) is 2.28. The van der Waals surface area contributed by atoms with Crippen LogP contribution in [-0.2, 0) is 6.42 Å². The lowest BCUT2D eigenvalue weighted by Crippen LogP contribution is -1.92. The zero-order valence-electron chi connectivity index (χ0n) is 12.1. The molecule has 2 aromatic carbocycles. The molecular formula is C17H12Cl4N2. The quantitative estimate of drug-likeness (QED) is 0.541. The van der Waals surface area contributed by atoms with Gasteiger partial charge in [0.2, 0.25) is 0 Å². The predicted molar refractivity (Wildman–Crippen MR) is 98.0 cm³/mol. The van der Waals surface area contributed by atoms with Crippen molar-refractivity contribution in [3.8, 4) is 11.3 Å². The molecule has 0 amide bonds. The average Bonchev–Trinajstić information content (AvgIpc) is 2.86. The molecule has 0 saturated heterocycles. The first-order valence-corrected chi connectivity index (χ1v) is 8.40. The number of nitrogens with zero attached hydrogens (tertiary/aromatic N) is 1. The summed E-state index contributed by atoms with van der Waals surface area (Å²) in [5.74, 6) is 0.827. The number of imidazole rings is 1. The number of H-pyrrole nitrogens is 1. The van der Waals surface area contributed by atoms with Crippen LogP contribution in [0.3, 0.4) is 0 Å². The van der Waals surface area contributed by atoms with Crippen molar-refractivity contribution in [1.82, 2.24) is 9.97 Å². The normalized spacial score (nSPS) is 11.0. The molecule has 3 aromatic rings. The van der Waals surface area contributed by atoms with E-state index >= 15 is 0 Å². The summed E-state index contributed by atoms with van der Waals surface area (Å²) in [6.45, 7) is 1.97. The molecule has 0 unspecified atom stereocenters. The number of aromatic amines is 1. The number of rotatable bonds is 3. The van der Waals surface area contributed by atoms with Crippen LogP contribution in [0.15, 0.2) is 36.4 Å². The van der Waals surface area contributed by atoms with Crippen molar-refractivity contribution in [2.75, 3.05) is 0 Å². The number of hydrogen-bond donors (Lipinski definition) is 1. The molecule has 6 heteroatoms. The van der Waals surface area contributed by atoms with E-state index in [4.69, 9.17) is 46.4 Å². The minimum absolute atomic E-state index is 0.508. The number of halogens is 4. The molecule has 0 aliphatic rings. The first kappa shape index (κ1) is 16.7. The van der Waals surface area contributed by atoms with Gasteiger partial charge in [-0.1, -0.05) is 58.5 Å². The maximum Gasteiger partial charge on any atom is 0.111 e. The molecule has 1 N–H and O–H groups in total. The van der Waals surface area contributed by atoms with Gasteiger partial charge in [0.15, 0.2) is 0 Å². The van der Waals surface area contributed by atoms with Crippen molar-refractivity contribution in [3.63, 3.8) is 0 Å². The van der Waals surface area contributed by atoms with E-state index < -0.39 is 0 Å². The molecule has 1 heterocycles. The Morgan fingerprint density at radius 3 is 2.39 bits per heavy atom. The molecule has 0 aliphatic carbocycles. The highest BCUT2D eigenvalue weighted by atomic mass is 35.5. The second-order valence-electron chi connectivity index (χ2n) is 5.20. The Hall–Kier alpha value is -1.19. The minimum atomic E-state index is 0.508.